The van der Waals surface area contributed by atoms with Crippen molar-refractivity contribution in [3.05, 3.63) is 132 Å². The number of hydrogen-bond donors (Lipinski definition) is 2. The maximum absolute atomic E-state index is 13.4. The molecule has 2 aromatic heterocycles. The molecule has 0 saturated heterocycles. The second-order valence-electron chi connectivity index (χ2n) is 17.1. The van der Waals surface area contributed by atoms with Crippen molar-refractivity contribution >= 4 is 11.8 Å². The fraction of sp³-hybridized carbons (Fsp3) is 0.318. The van der Waals surface area contributed by atoms with Gasteiger partial charge in [-0.15, -0.1) is 20.4 Å². The molecule has 4 aromatic carbocycles. The van der Waals surface area contributed by atoms with Gasteiger partial charge in [0.25, 0.3) is 11.8 Å². The van der Waals surface area contributed by atoms with Crippen LogP contribution in [0, 0.1) is 12.7 Å². The maximum atomic E-state index is 13.4. The first-order chi connectivity index (χ1) is 26.9. The average Bonchev–Trinajstić information content (AvgIpc) is 3.80. The van der Waals surface area contributed by atoms with Crippen molar-refractivity contribution in [2.75, 3.05) is 0 Å². The van der Waals surface area contributed by atoms with Gasteiger partial charge in [-0.05, 0) is 131 Å². The quantitative estimate of drug-likeness (QED) is 0.162. The van der Waals surface area contributed by atoms with Crippen LogP contribution in [0.2, 0.25) is 0 Å². The van der Waals surface area contributed by atoms with Crippen LogP contribution in [0.5, 0.6) is 0 Å². The van der Waals surface area contributed by atoms with E-state index in [2.05, 4.69) is 51.8 Å². The Labute approximate surface area is 335 Å². The van der Waals surface area contributed by atoms with Gasteiger partial charge in [0.1, 0.15) is 30.1 Å². The third kappa shape index (κ3) is 11.0. The van der Waals surface area contributed by atoms with E-state index in [4.69, 9.17) is 0 Å². The highest BCUT2D eigenvalue weighted by atomic mass is 19.4. The number of aromatic nitrogens is 6. The van der Waals surface area contributed by atoms with E-state index in [9.17, 15) is 27.2 Å². The zero-order valence-electron chi connectivity index (χ0n) is 34.2. The Morgan fingerprint density at radius 3 is 1.41 bits per heavy atom. The molecule has 6 aromatic rings. The first-order valence-corrected chi connectivity index (χ1v) is 18.5. The summed E-state index contributed by atoms with van der Waals surface area (Å²) in [5.41, 5.74) is 3.39. The Morgan fingerprint density at radius 1 is 0.569 bits per heavy atom. The van der Waals surface area contributed by atoms with Crippen molar-refractivity contribution in [1.82, 2.24) is 40.2 Å². The number of amides is 2. The van der Waals surface area contributed by atoms with Gasteiger partial charge in [-0.2, -0.15) is 13.2 Å². The van der Waals surface area contributed by atoms with Crippen molar-refractivity contribution in [3.63, 3.8) is 0 Å². The molecular formula is C44H48F4N8O2. The lowest BCUT2D eigenvalue weighted by atomic mass is 9.95. The standard InChI is InChI=1S/C23H27FN4O.C21H21F3N4O/c1-22(2,3)21-27-25-14-28(21)19-12-16(15-7-9-18(24)10-8-15)11-17(13-19)20(29)26-23(4,5)6;1-13-27-25-12-28(13)18-10-15(9-16(11-18)19(29)26-20(2,3)4)14-5-7-17(8-6-14)21(22,23)24/h7-14H,1-6H3,(H,26,29);5-12H,1-4H3,(H,26,29). The van der Waals surface area contributed by atoms with Gasteiger partial charge < -0.3 is 10.6 Å². The van der Waals surface area contributed by atoms with Crippen LogP contribution >= 0.6 is 0 Å². The number of rotatable bonds is 6. The molecule has 0 atom stereocenters. The smallest absolute Gasteiger partial charge is 0.347 e. The van der Waals surface area contributed by atoms with Crippen LogP contribution in [0.4, 0.5) is 17.6 Å². The highest BCUT2D eigenvalue weighted by Gasteiger charge is 2.30. The normalized spacial score (nSPS) is 12.1. The minimum Gasteiger partial charge on any atom is -0.347 e. The summed E-state index contributed by atoms with van der Waals surface area (Å²) in [7, 11) is 0. The molecule has 58 heavy (non-hydrogen) atoms. The van der Waals surface area contributed by atoms with Crippen LogP contribution in [-0.4, -0.2) is 52.4 Å². The monoisotopic (exact) mass is 796 g/mol. The highest BCUT2D eigenvalue weighted by molar-refractivity contribution is 5.97. The first kappa shape index (κ1) is 43.0. The molecule has 0 spiro atoms. The minimum atomic E-state index is -4.41. The first-order valence-electron chi connectivity index (χ1n) is 18.5. The van der Waals surface area contributed by atoms with Crippen LogP contribution < -0.4 is 10.6 Å². The number of carbonyl (C=O) groups is 2. The van der Waals surface area contributed by atoms with Crippen LogP contribution in [-0.2, 0) is 11.6 Å². The molecule has 2 amide bonds. The number of nitrogens with one attached hydrogen (secondary N) is 2. The molecule has 0 radical (unpaired) electrons. The van der Waals surface area contributed by atoms with Crippen molar-refractivity contribution in [2.45, 2.75) is 91.9 Å². The molecule has 2 heterocycles. The van der Waals surface area contributed by atoms with E-state index in [1.54, 1.807) is 48.1 Å². The topological polar surface area (TPSA) is 120 Å². The summed E-state index contributed by atoms with van der Waals surface area (Å²) in [4.78, 5) is 25.6. The van der Waals surface area contributed by atoms with Crippen molar-refractivity contribution < 1.29 is 27.2 Å². The van der Waals surface area contributed by atoms with E-state index in [-0.39, 0.29) is 28.6 Å². The van der Waals surface area contributed by atoms with Gasteiger partial charge in [0.15, 0.2) is 0 Å². The zero-order chi connectivity index (χ0) is 42.8. The number of nitrogens with zero attached hydrogens (tertiary/aromatic N) is 6. The van der Waals surface area contributed by atoms with E-state index < -0.39 is 17.3 Å². The Bertz CT molecular complexity index is 2390. The number of hydrogen-bond acceptors (Lipinski definition) is 6. The molecule has 0 unspecified atom stereocenters. The summed E-state index contributed by atoms with van der Waals surface area (Å²) in [6.07, 6.45) is -1.24. The molecule has 10 nitrogen and oxygen atoms in total. The van der Waals surface area contributed by atoms with Gasteiger partial charge in [-0.3, -0.25) is 18.7 Å². The number of halogens is 4. The number of alkyl halides is 3. The molecule has 0 aliphatic heterocycles. The molecule has 304 valence electrons. The summed E-state index contributed by atoms with van der Waals surface area (Å²) in [6.45, 7) is 19.4. The molecule has 0 fully saturated rings. The molecule has 0 aliphatic carbocycles. The van der Waals surface area contributed by atoms with Gasteiger partial charge in [0.05, 0.1) is 5.56 Å². The van der Waals surface area contributed by atoms with E-state index in [0.29, 0.717) is 33.8 Å². The van der Waals surface area contributed by atoms with Crippen LogP contribution in [0.3, 0.4) is 0 Å². The Kier molecular flexibility index (Phi) is 12.1. The summed E-state index contributed by atoms with van der Waals surface area (Å²) >= 11 is 0. The highest BCUT2D eigenvalue weighted by Crippen LogP contribution is 2.33. The van der Waals surface area contributed by atoms with E-state index in [0.717, 1.165) is 34.8 Å². The molecule has 6 rings (SSSR count). The lowest BCUT2D eigenvalue weighted by molar-refractivity contribution is -0.137. The summed E-state index contributed by atoms with van der Waals surface area (Å²) < 4.78 is 55.6. The van der Waals surface area contributed by atoms with Crippen molar-refractivity contribution in [3.8, 4) is 33.6 Å². The maximum Gasteiger partial charge on any atom is 0.416 e. The second kappa shape index (κ2) is 16.4. The van der Waals surface area contributed by atoms with Gasteiger partial charge in [0.2, 0.25) is 0 Å². The summed E-state index contributed by atoms with van der Waals surface area (Å²) in [5.74, 6) is 0.656. The zero-order valence-corrected chi connectivity index (χ0v) is 34.2. The van der Waals surface area contributed by atoms with Crippen molar-refractivity contribution in [2.24, 2.45) is 0 Å². The van der Waals surface area contributed by atoms with E-state index in [1.165, 1.54) is 30.6 Å². The number of carbonyl (C=O) groups excluding carboxylic acids is 2. The molecule has 2 N–H and O–H groups in total. The Morgan fingerprint density at radius 2 is 1.00 bits per heavy atom. The van der Waals surface area contributed by atoms with Gasteiger partial charge in [-0.1, -0.05) is 45.0 Å². The predicted octanol–water partition coefficient (Wildman–Crippen LogP) is 9.69. The average molecular weight is 797 g/mol. The van der Waals surface area contributed by atoms with Gasteiger partial charge in [-0.25, -0.2) is 4.39 Å². The lowest BCUT2D eigenvalue weighted by Crippen LogP contribution is -2.40. The van der Waals surface area contributed by atoms with Gasteiger partial charge >= 0.3 is 6.18 Å². The summed E-state index contributed by atoms with van der Waals surface area (Å²) in [6, 6.07) is 21.8. The molecule has 0 aliphatic rings. The molecule has 14 heteroatoms. The lowest BCUT2D eigenvalue weighted by Gasteiger charge is -2.22. The van der Waals surface area contributed by atoms with E-state index >= 15 is 0 Å². The van der Waals surface area contributed by atoms with Crippen LogP contribution in [0.15, 0.2) is 97.6 Å². The SMILES string of the molecule is CC(C)(C)NC(=O)c1cc(-c2ccc(F)cc2)cc(-n2cnnc2C(C)(C)C)c1.Cc1nncn1-c1cc(C(=O)NC(C)(C)C)cc(-c2ccc(C(F)(F)F)cc2)c1. The van der Waals surface area contributed by atoms with Crippen LogP contribution in [0.25, 0.3) is 33.6 Å². The van der Waals surface area contributed by atoms with E-state index in [1.807, 2.05) is 64.3 Å². The minimum absolute atomic E-state index is 0.173. The molecule has 0 bridgehead atoms. The fourth-order valence-electron chi connectivity index (χ4n) is 5.90. The third-order valence-corrected chi connectivity index (χ3v) is 8.55. The Hall–Kier alpha value is -6.18. The second-order valence-corrected chi connectivity index (χ2v) is 17.1. The molecular weight excluding hydrogens is 749 g/mol. The fourth-order valence-corrected chi connectivity index (χ4v) is 5.90. The van der Waals surface area contributed by atoms with Crippen molar-refractivity contribution in [1.29, 1.82) is 0 Å². The number of aryl methyl sites for hydroxylation is 1. The Balaban J connectivity index is 0.000000221. The van der Waals surface area contributed by atoms with Gasteiger partial charge in [0, 0.05) is 39.0 Å². The van der Waals surface area contributed by atoms with Crippen LogP contribution in [0.1, 0.15) is 100 Å². The largest absolute Gasteiger partial charge is 0.416 e. The third-order valence-electron chi connectivity index (χ3n) is 8.55. The predicted molar refractivity (Wildman–Crippen MR) is 216 cm³/mol. The number of benzene rings is 4. The molecule has 0 saturated carbocycles. The summed E-state index contributed by atoms with van der Waals surface area (Å²) in [5, 5.41) is 22.1.